The summed E-state index contributed by atoms with van der Waals surface area (Å²) in [6, 6.07) is 14.5. The Morgan fingerprint density at radius 3 is 2.48 bits per heavy atom. The number of piperazine rings is 1. The highest BCUT2D eigenvalue weighted by molar-refractivity contribution is 7.99. The summed E-state index contributed by atoms with van der Waals surface area (Å²) in [6.45, 7) is 6.91. The Hall–Kier alpha value is -2.22. The molecule has 1 saturated heterocycles. The quantitative estimate of drug-likeness (QED) is 0.579. The van der Waals surface area contributed by atoms with E-state index in [1.165, 1.54) is 10.5 Å². The lowest BCUT2D eigenvalue weighted by Gasteiger charge is -2.35. The number of nitrogens with zero attached hydrogens (tertiary/aromatic N) is 3. The van der Waals surface area contributed by atoms with Crippen molar-refractivity contribution >= 4 is 23.4 Å². The van der Waals surface area contributed by atoms with E-state index in [0.29, 0.717) is 6.42 Å². The summed E-state index contributed by atoms with van der Waals surface area (Å²) in [6.07, 6.45) is 2.58. The third-order valence-corrected chi connectivity index (χ3v) is 7.57. The van der Waals surface area contributed by atoms with Gasteiger partial charge in [-0.3, -0.25) is 9.69 Å². The summed E-state index contributed by atoms with van der Waals surface area (Å²) >= 11 is 1.86. The first-order valence-corrected chi connectivity index (χ1v) is 12.8. The minimum absolute atomic E-state index is 0.261. The van der Waals surface area contributed by atoms with Gasteiger partial charge in [-0.05, 0) is 55.0 Å². The molecular weight excluding hydrogens is 434 g/mol. The predicted molar refractivity (Wildman–Crippen MR) is 135 cm³/mol. The van der Waals surface area contributed by atoms with Crippen molar-refractivity contribution < 1.29 is 14.3 Å². The van der Waals surface area contributed by atoms with Crippen LogP contribution in [0, 0.1) is 0 Å². The molecule has 0 N–H and O–H groups in total. The number of rotatable bonds is 8. The van der Waals surface area contributed by atoms with Crippen LogP contribution in [-0.4, -0.2) is 74.9 Å². The van der Waals surface area contributed by atoms with Crippen LogP contribution in [0.2, 0.25) is 0 Å². The standard InChI is InChI=1S/C26H35N3O3S/c1-31-23-11-10-21(19-24(23)32-2)20-28-16-14-27(15-17-28)12-5-9-26(30)29-13-6-18-33-25-8-4-3-7-22(25)29/h3-4,7-8,10-11,19H,5-6,9,12-18,20H2,1-2H3. The van der Waals surface area contributed by atoms with Crippen molar-refractivity contribution in [2.75, 3.05) is 64.1 Å². The van der Waals surface area contributed by atoms with Gasteiger partial charge in [-0.2, -0.15) is 0 Å². The molecule has 1 fully saturated rings. The number of hydrogen-bond donors (Lipinski definition) is 0. The number of hydrogen-bond acceptors (Lipinski definition) is 6. The van der Waals surface area contributed by atoms with Crippen molar-refractivity contribution in [3.05, 3.63) is 48.0 Å². The largest absolute Gasteiger partial charge is 0.493 e. The van der Waals surface area contributed by atoms with Crippen molar-refractivity contribution in [2.45, 2.75) is 30.7 Å². The first kappa shape index (κ1) is 23.9. The molecule has 2 aliphatic rings. The Bertz CT molecular complexity index is 931. The molecular formula is C26H35N3O3S. The highest BCUT2D eigenvalue weighted by Gasteiger charge is 2.22. The Morgan fingerprint density at radius 1 is 0.939 bits per heavy atom. The van der Waals surface area contributed by atoms with E-state index in [1.54, 1.807) is 14.2 Å². The van der Waals surface area contributed by atoms with Crippen molar-refractivity contribution in [1.29, 1.82) is 0 Å². The SMILES string of the molecule is COc1ccc(CN2CCN(CCCC(=O)N3CCCSc4ccccc43)CC2)cc1OC. The predicted octanol–water partition coefficient (Wildman–Crippen LogP) is 4.13. The van der Waals surface area contributed by atoms with Crippen LogP contribution >= 0.6 is 11.8 Å². The lowest BCUT2D eigenvalue weighted by molar-refractivity contribution is -0.118. The number of benzene rings is 2. The van der Waals surface area contributed by atoms with Gasteiger partial charge in [-0.1, -0.05) is 18.2 Å². The van der Waals surface area contributed by atoms with Crippen LogP contribution in [-0.2, 0) is 11.3 Å². The number of para-hydroxylation sites is 1. The molecule has 33 heavy (non-hydrogen) atoms. The van der Waals surface area contributed by atoms with E-state index < -0.39 is 0 Å². The van der Waals surface area contributed by atoms with Crippen LogP contribution in [0.5, 0.6) is 11.5 Å². The lowest BCUT2D eigenvalue weighted by atomic mass is 10.1. The first-order valence-electron chi connectivity index (χ1n) is 11.9. The summed E-state index contributed by atoms with van der Waals surface area (Å²) in [5.41, 5.74) is 2.33. The van der Waals surface area contributed by atoms with Crippen LogP contribution in [0.15, 0.2) is 47.4 Å². The minimum atomic E-state index is 0.261. The van der Waals surface area contributed by atoms with Crippen LogP contribution in [0.4, 0.5) is 5.69 Å². The van der Waals surface area contributed by atoms with Crippen molar-refractivity contribution in [3.8, 4) is 11.5 Å². The van der Waals surface area contributed by atoms with E-state index in [0.717, 1.165) is 81.6 Å². The van der Waals surface area contributed by atoms with E-state index in [9.17, 15) is 4.79 Å². The number of amides is 1. The monoisotopic (exact) mass is 469 g/mol. The first-order chi connectivity index (χ1) is 16.2. The van der Waals surface area contributed by atoms with Crippen LogP contribution < -0.4 is 14.4 Å². The average molecular weight is 470 g/mol. The maximum Gasteiger partial charge on any atom is 0.227 e. The van der Waals surface area contributed by atoms with Gasteiger partial charge in [-0.15, -0.1) is 11.8 Å². The summed E-state index contributed by atoms with van der Waals surface area (Å²) < 4.78 is 10.8. The van der Waals surface area contributed by atoms with E-state index in [-0.39, 0.29) is 5.91 Å². The molecule has 2 aliphatic heterocycles. The number of carbonyl (C=O) groups excluding carboxylic acids is 1. The third-order valence-electron chi connectivity index (χ3n) is 6.42. The molecule has 178 valence electrons. The molecule has 0 spiro atoms. The fourth-order valence-corrected chi connectivity index (χ4v) is 5.58. The van der Waals surface area contributed by atoms with Gasteiger partial charge >= 0.3 is 0 Å². The van der Waals surface area contributed by atoms with E-state index >= 15 is 0 Å². The second-order valence-corrected chi connectivity index (χ2v) is 9.76. The zero-order chi connectivity index (χ0) is 23.0. The van der Waals surface area contributed by atoms with Gasteiger partial charge in [-0.25, -0.2) is 0 Å². The zero-order valence-electron chi connectivity index (χ0n) is 19.8. The minimum Gasteiger partial charge on any atom is -0.493 e. The topological polar surface area (TPSA) is 45.2 Å². The second kappa shape index (κ2) is 11.8. The highest BCUT2D eigenvalue weighted by atomic mass is 32.2. The number of anilines is 1. The Morgan fingerprint density at radius 2 is 1.70 bits per heavy atom. The number of ether oxygens (including phenoxy) is 2. The van der Waals surface area contributed by atoms with Gasteiger partial charge in [0.05, 0.1) is 19.9 Å². The normalized spacial score (nSPS) is 17.3. The zero-order valence-corrected chi connectivity index (χ0v) is 20.6. The molecule has 0 atom stereocenters. The maximum atomic E-state index is 13.0. The molecule has 0 aliphatic carbocycles. The summed E-state index contributed by atoms with van der Waals surface area (Å²) in [7, 11) is 3.34. The van der Waals surface area contributed by atoms with Crippen molar-refractivity contribution in [2.24, 2.45) is 0 Å². The van der Waals surface area contributed by atoms with E-state index in [4.69, 9.17) is 9.47 Å². The average Bonchev–Trinajstić information content (AvgIpc) is 3.07. The summed E-state index contributed by atoms with van der Waals surface area (Å²) in [4.78, 5) is 21.2. The third kappa shape index (κ3) is 6.22. The van der Waals surface area contributed by atoms with Gasteiger partial charge in [0.25, 0.3) is 0 Å². The van der Waals surface area contributed by atoms with Gasteiger partial charge < -0.3 is 19.3 Å². The summed E-state index contributed by atoms with van der Waals surface area (Å²) in [5.74, 6) is 2.89. The summed E-state index contributed by atoms with van der Waals surface area (Å²) in [5, 5.41) is 0. The van der Waals surface area contributed by atoms with Gasteiger partial charge in [0.15, 0.2) is 11.5 Å². The Balaban J connectivity index is 1.21. The smallest absolute Gasteiger partial charge is 0.227 e. The fraction of sp³-hybridized carbons (Fsp3) is 0.500. The van der Waals surface area contributed by atoms with Crippen molar-refractivity contribution in [3.63, 3.8) is 0 Å². The molecule has 0 bridgehead atoms. The highest BCUT2D eigenvalue weighted by Crippen LogP contribution is 2.34. The number of carbonyl (C=O) groups is 1. The number of methoxy groups -OCH3 is 2. The van der Waals surface area contributed by atoms with E-state index in [2.05, 4.69) is 40.1 Å². The van der Waals surface area contributed by atoms with Crippen molar-refractivity contribution in [1.82, 2.24) is 9.80 Å². The van der Waals surface area contributed by atoms with Gasteiger partial charge in [0, 0.05) is 50.6 Å². The lowest BCUT2D eigenvalue weighted by Crippen LogP contribution is -2.46. The molecule has 4 rings (SSSR count). The molecule has 2 heterocycles. The molecule has 0 aromatic heterocycles. The van der Waals surface area contributed by atoms with Gasteiger partial charge in [0.2, 0.25) is 5.91 Å². The Kier molecular flexibility index (Phi) is 8.53. The van der Waals surface area contributed by atoms with Crippen LogP contribution in [0.3, 0.4) is 0 Å². The maximum absolute atomic E-state index is 13.0. The van der Waals surface area contributed by atoms with E-state index in [1.807, 2.05) is 28.8 Å². The molecule has 7 heteroatoms. The molecule has 0 saturated carbocycles. The van der Waals surface area contributed by atoms with Crippen LogP contribution in [0.1, 0.15) is 24.8 Å². The van der Waals surface area contributed by atoms with Crippen LogP contribution in [0.25, 0.3) is 0 Å². The number of thioether (sulfide) groups is 1. The molecule has 2 aromatic rings. The molecule has 1 amide bonds. The number of fused-ring (bicyclic) bond motifs is 1. The fourth-order valence-electron chi connectivity index (χ4n) is 4.58. The second-order valence-electron chi connectivity index (χ2n) is 8.63. The Labute approximate surface area is 201 Å². The molecule has 6 nitrogen and oxygen atoms in total. The van der Waals surface area contributed by atoms with Gasteiger partial charge in [0.1, 0.15) is 0 Å². The molecule has 0 radical (unpaired) electrons. The molecule has 0 unspecified atom stereocenters. The molecule has 2 aromatic carbocycles.